The molecule has 20 heavy (non-hydrogen) atoms. The van der Waals surface area contributed by atoms with Gasteiger partial charge in [0.05, 0.1) is 11.4 Å². The van der Waals surface area contributed by atoms with Crippen LogP contribution in [-0.4, -0.2) is 39.9 Å². The molecular weight excluding hydrogens is 250 g/mol. The summed E-state index contributed by atoms with van der Waals surface area (Å²) < 4.78 is 1.91. The van der Waals surface area contributed by atoms with Crippen LogP contribution in [-0.2, 0) is 13.5 Å². The number of hydrogen-bond donors (Lipinski definition) is 2. The average molecular weight is 277 g/mol. The molecule has 1 aromatic rings. The maximum absolute atomic E-state index is 6.22. The predicted octanol–water partition coefficient (Wildman–Crippen LogP) is 1.99. The van der Waals surface area contributed by atoms with Gasteiger partial charge in [0.2, 0.25) is 0 Å². The van der Waals surface area contributed by atoms with Crippen molar-refractivity contribution >= 4 is 11.5 Å². The van der Waals surface area contributed by atoms with Crippen molar-refractivity contribution in [3.8, 4) is 0 Å². The van der Waals surface area contributed by atoms with Crippen LogP contribution in [0, 0.1) is 0 Å². The Kier molecular flexibility index (Phi) is 3.63. The Labute approximate surface area is 121 Å². The first-order valence-corrected chi connectivity index (χ1v) is 7.90. The molecule has 2 atom stereocenters. The van der Waals surface area contributed by atoms with Crippen LogP contribution in [0.15, 0.2) is 0 Å². The number of fused-ring (bicyclic) bond motifs is 2. The second kappa shape index (κ2) is 5.28. The number of hydrogen-bond acceptors (Lipinski definition) is 4. The van der Waals surface area contributed by atoms with Gasteiger partial charge in [0.25, 0.3) is 0 Å². The van der Waals surface area contributed by atoms with E-state index in [1.807, 2.05) is 11.7 Å². The molecule has 0 aliphatic carbocycles. The molecule has 2 fully saturated rings. The zero-order chi connectivity index (χ0) is 14.3. The van der Waals surface area contributed by atoms with E-state index in [9.17, 15) is 0 Å². The minimum absolute atomic E-state index is 0.531. The molecule has 0 aromatic carbocycles. The molecule has 1 aromatic heterocycles. The van der Waals surface area contributed by atoms with Gasteiger partial charge in [-0.25, -0.2) is 0 Å². The molecule has 0 radical (unpaired) electrons. The number of rotatable bonds is 3. The van der Waals surface area contributed by atoms with Gasteiger partial charge in [0.1, 0.15) is 5.82 Å². The first kappa shape index (κ1) is 13.7. The number of anilines is 2. The fraction of sp³-hybridized carbons (Fsp3) is 0.800. The Morgan fingerprint density at radius 2 is 1.90 bits per heavy atom. The predicted molar refractivity (Wildman–Crippen MR) is 82.8 cm³/mol. The van der Waals surface area contributed by atoms with Gasteiger partial charge in [-0.15, -0.1) is 0 Å². The molecule has 0 spiro atoms. The summed E-state index contributed by atoms with van der Waals surface area (Å²) in [4.78, 5) is 2.59. The standard InChI is InChI=1S/C15H27N5/c1-4-13-14(16)15(20(3)18-13)17-10-8-11-6-5-7-12(9-10)19(11)2/h10-12,17H,4-9,16H2,1-3H3. The molecule has 2 aliphatic rings. The Morgan fingerprint density at radius 3 is 2.45 bits per heavy atom. The normalized spacial score (nSPS) is 30.4. The summed E-state index contributed by atoms with van der Waals surface area (Å²) in [7, 11) is 4.27. The molecule has 0 saturated carbocycles. The van der Waals surface area contributed by atoms with Gasteiger partial charge in [-0.05, 0) is 39.2 Å². The SMILES string of the molecule is CCc1nn(C)c(NC2CC3CCCC(C2)N3C)c1N. The van der Waals surface area contributed by atoms with E-state index in [1.54, 1.807) is 0 Å². The highest BCUT2D eigenvalue weighted by molar-refractivity contribution is 5.65. The summed E-state index contributed by atoms with van der Waals surface area (Å²) in [6.45, 7) is 2.10. The van der Waals surface area contributed by atoms with Gasteiger partial charge in [0.15, 0.2) is 0 Å². The van der Waals surface area contributed by atoms with Crippen molar-refractivity contribution in [1.82, 2.24) is 14.7 Å². The summed E-state index contributed by atoms with van der Waals surface area (Å²) in [6.07, 6.45) is 7.40. The molecule has 2 unspecified atom stereocenters. The van der Waals surface area contributed by atoms with Crippen LogP contribution in [0.5, 0.6) is 0 Å². The molecule has 0 amide bonds. The summed E-state index contributed by atoms with van der Waals surface area (Å²) in [5, 5.41) is 8.17. The van der Waals surface area contributed by atoms with Crippen LogP contribution >= 0.6 is 0 Å². The number of aromatic nitrogens is 2. The molecular formula is C15H27N5. The quantitative estimate of drug-likeness (QED) is 0.887. The monoisotopic (exact) mass is 277 g/mol. The lowest BCUT2D eigenvalue weighted by Crippen LogP contribution is -2.52. The number of nitrogens with two attached hydrogens (primary N) is 1. The van der Waals surface area contributed by atoms with Crippen molar-refractivity contribution in [1.29, 1.82) is 0 Å². The first-order valence-electron chi connectivity index (χ1n) is 7.90. The minimum Gasteiger partial charge on any atom is -0.394 e. The van der Waals surface area contributed by atoms with Gasteiger partial charge in [-0.1, -0.05) is 13.3 Å². The third kappa shape index (κ3) is 2.28. The molecule has 112 valence electrons. The van der Waals surface area contributed by atoms with Crippen LogP contribution in [0.2, 0.25) is 0 Å². The second-order valence-corrected chi connectivity index (χ2v) is 6.40. The van der Waals surface area contributed by atoms with Crippen molar-refractivity contribution in [3.05, 3.63) is 5.69 Å². The van der Waals surface area contributed by atoms with E-state index in [-0.39, 0.29) is 0 Å². The number of aryl methyl sites for hydroxylation is 2. The molecule has 3 rings (SSSR count). The molecule has 5 nitrogen and oxygen atoms in total. The Bertz CT molecular complexity index is 467. The maximum atomic E-state index is 6.22. The van der Waals surface area contributed by atoms with E-state index >= 15 is 0 Å². The lowest BCUT2D eigenvalue weighted by atomic mass is 9.82. The van der Waals surface area contributed by atoms with E-state index in [0.29, 0.717) is 6.04 Å². The van der Waals surface area contributed by atoms with Gasteiger partial charge in [-0.3, -0.25) is 4.68 Å². The Balaban J connectivity index is 1.74. The van der Waals surface area contributed by atoms with Crippen molar-refractivity contribution in [2.24, 2.45) is 7.05 Å². The molecule has 2 bridgehead atoms. The first-order chi connectivity index (χ1) is 9.60. The van der Waals surface area contributed by atoms with Gasteiger partial charge in [-0.2, -0.15) is 5.10 Å². The molecule has 3 N–H and O–H groups in total. The van der Waals surface area contributed by atoms with Gasteiger partial charge in [0, 0.05) is 25.2 Å². The third-order valence-electron chi connectivity index (χ3n) is 5.18. The van der Waals surface area contributed by atoms with Crippen molar-refractivity contribution in [2.75, 3.05) is 18.1 Å². The molecule has 2 aliphatic heterocycles. The highest BCUT2D eigenvalue weighted by Gasteiger charge is 2.36. The van der Waals surface area contributed by atoms with E-state index in [0.717, 1.165) is 35.7 Å². The van der Waals surface area contributed by atoms with E-state index in [4.69, 9.17) is 5.73 Å². The van der Waals surface area contributed by atoms with E-state index < -0.39 is 0 Å². The van der Waals surface area contributed by atoms with Crippen molar-refractivity contribution in [3.63, 3.8) is 0 Å². The summed E-state index contributed by atoms with van der Waals surface area (Å²) in [5.41, 5.74) is 8.05. The summed E-state index contributed by atoms with van der Waals surface area (Å²) >= 11 is 0. The topological polar surface area (TPSA) is 59.1 Å². The van der Waals surface area contributed by atoms with Crippen LogP contribution in [0.4, 0.5) is 11.5 Å². The fourth-order valence-corrected chi connectivity index (χ4v) is 3.96. The van der Waals surface area contributed by atoms with Gasteiger partial charge < -0.3 is 16.0 Å². The second-order valence-electron chi connectivity index (χ2n) is 6.40. The lowest BCUT2D eigenvalue weighted by Gasteiger charge is -2.47. The molecule has 2 saturated heterocycles. The maximum Gasteiger partial charge on any atom is 0.147 e. The van der Waals surface area contributed by atoms with Crippen LogP contribution in [0.1, 0.15) is 44.7 Å². The average Bonchev–Trinajstić information content (AvgIpc) is 2.67. The minimum atomic E-state index is 0.531. The van der Waals surface area contributed by atoms with Crippen LogP contribution < -0.4 is 11.1 Å². The number of nitrogen functional groups attached to an aromatic ring is 1. The fourth-order valence-electron chi connectivity index (χ4n) is 3.96. The lowest BCUT2D eigenvalue weighted by molar-refractivity contribution is 0.0607. The highest BCUT2D eigenvalue weighted by atomic mass is 15.3. The zero-order valence-corrected chi connectivity index (χ0v) is 12.9. The zero-order valence-electron chi connectivity index (χ0n) is 12.9. The van der Waals surface area contributed by atoms with Crippen molar-refractivity contribution < 1.29 is 0 Å². The third-order valence-corrected chi connectivity index (χ3v) is 5.18. The Morgan fingerprint density at radius 1 is 1.25 bits per heavy atom. The largest absolute Gasteiger partial charge is 0.394 e. The number of nitrogens with one attached hydrogen (secondary N) is 1. The number of nitrogens with zero attached hydrogens (tertiary/aromatic N) is 3. The summed E-state index contributed by atoms with van der Waals surface area (Å²) in [5.74, 6) is 1.01. The van der Waals surface area contributed by atoms with Crippen molar-refractivity contribution in [2.45, 2.75) is 63.6 Å². The molecule has 3 heterocycles. The Hall–Kier alpha value is -1.23. The smallest absolute Gasteiger partial charge is 0.147 e. The van der Waals surface area contributed by atoms with Gasteiger partial charge >= 0.3 is 0 Å². The highest BCUT2D eigenvalue weighted by Crippen LogP contribution is 2.35. The summed E-state index contributed by atoms with van der Waals surface area (Å²) in [6, 6.07) is 2.00. The molecule has 5 heteroatoms. The van der Waals surface area contributed by atoms with Crippen LogP contribution in [0.25, 0.3) is 0 Å². The number of piperidine rings is 2. The van der Waals surface area contributed by atoms with Crippen LogP contribution in [0.3, 0.4) is 0 Å². The van der Waals surface area contributed by atoms with E-state index in [2.05, 4.69) is 29.3 Å². The van der Waals surface area contributed by atoms with E-state index in [1.165, 1.54) is 32.1 Å².